The monoisotopic (exact) mass is 322 g/mol. The molecule has 0 spiro atoms. The molecule has 7 nitrogen and oxygen atoms in total. The van der Waals surface area contributed by atoms with E-state index in [4.69, 9.17) is 9.84 Å². The van der Waals surface area contributed by atoms with Crippen molar-refractivity contribution in [1.82, 2.24) is 9.80 Å². The Bertz CT molecular complexity index is 586. The number of likely N-dealkylation sites (N-methyl/N-ethyl adjacent to an activating group) is 1. The Morgan fingerprint density at radius 2 is 1.78 bits per heavy atom. The van der Waals surface area contributed by atoms with Crippen LogP contribution in [0.5, 0.6) is 5.75 Å². The second-order valence-electron chi connectivity index (χ2n) is 5.50. The Balaban J connectivity index is 2.85. The lowest BCUT2D eigenvalue weighted by molar-refractivity contribution is -0.141. The number of nitrogens with zero attached hydrogens (tertiary/aromatic N) is 2. The lowest BCUT2D eigenvalue weighted by atomic mass is 10.1. The first-order chi connectivity index (χ1) is 10.7. The van der Waals surface area contributed by atoms with E-state index in [-0.39, 0.29) is 25.0 Å². The van der Waals surface area contributed by atoms with Crippen LogP contribution in [0.2, 0.25) is 0 Å². The zero-order valence-electron chi connectivity index (χ0n) is 13.8. The standard InChI is InChI=1S/C16H22N2O5/c1-11(16(21)22)9-18(4)15(20)12-7-5-6-8-13(12)23-10-14(19)17(2)3/h5-8,11H,9-10H2,1-4H3,(H,21,22). The minimum absolute atomic E-state index is 0.0825. The number of amides is 2. The van der Waals surface area contributed by atoms with Crippen LogP contribution in [0.25, 0.3) is 0 Å². The number of para-hydroxylation sites is 1. The van der Waals surface area contributed by atoms with Crippen LogP contribution in [0, 0.1) is 5.92 Å². The highest BCUT2D eigenvalue weighted by Crippen LogP contribution is 2.20. The average molecular weight is 322 g/mol. The normalized spacial score (nSPS) is 11.5. The van der Waals surface area contributed by atoms with Crippen molar-refractivity contribution in [1.29, 1.82) is 0 Å². The molecule has 1 unspecified atom stereocenters. The summed E-state index contributed by atoms with van der Waals surface area (Å²) < 4.78 is 5.43. The average Bonchev–Trinajstić information content (AvgIpc) is 2.51. The van der Waals surface area contributed by atoms with Crippen molar-refractivity contribution in [3.8, 4) is 5.75 Å². The van der Waals surface area contributed by atoms with Gasteiger partial charge in [0.1, 0.15) is 5.75 Å². The quantitative estimate of drug-likeness (QED) is 0.807. The molecular weight excluding hydrogens is 300 g/mol. The molecule has 0 aliphatic rings. The van der Waals surface area contributed by atoms with Crippen molar-refractivity contribution in [3.63, 3.8) is 0 Å². The van der Waals surface area contributed by atoms with E-state index in [2.05, 4.69) is 0 Å². The summed E-state index contributed by atoms with van der Waals surface area (Å²) in [5.41, 5.74) is 0.291. The van der Waals surface area contributed by atoms with Gasteiger partial charge in [-0.25, -0.2) is 0 Å². The molecular formula is C16H22N2O5. The first kappa shape index (κ1) is 18.5. The molecule has 0 saturated carbocycles. The molecule has 0 aliphatic carbocycles. The fourth-order valence-corrected chi connectivity index (χ4v) is 1.82. The zero-order chi connectivity index (χ0) is 17.6. The molecule has 126 valence electrons. The van der Waals surface area contributed by atoms with Crippen LogP contribution in [0.1, 0.15) is 17.3 Å². The third-order valence-corrected chi connectivity index (χ3v) is 3.28. The molecule has 0 aliphatic heterocycles. The predicted molar refractivity (Wildman–Crippen MR) is 84.4 cm³/mol. The van der Waals surface area contributed by atoms with Crippen LogP contribution in [-0.2, 0) is 9.59 Å². The number of ether oxygens (including phenoxy) is 1. The van der Waals surface area contributed by atoms with Gasteiger partial charge in [0.2, 0.25) is 0 Å². The highest BCUT2D eigenvalue weighted by atomic mass is 16.5. The molecule has 23 heavy (non-hydrogen) atoms. The van der Waals surface area contributed by atoms with Crippen molar-refractivity contribution in [2.75, 3.05) is 34.3 Å². The topological polar surface area (TPSA) is 87.2 Å². The molecule has 1 aromatic rings. The van der Waals surface area contributed by atoms with Gasteiger partial charge in [0.25, 0.3) is 11.8 Å². The van der Waals surface area contributed by atoms with Crippen molar-refractivity contribution in [2.45, 2.75) is 6.92 Å². The molecule has 1 rings (SSSR count). The van der Waals surface area contributed by atoms with Gasteiger partial charge in [-0.05, 0) is 12.1 Å². The molecule has 0 fully saturated rings. The van der Waals surface area contributed by atoms with E-state index in [0.717, 1.165) is 0 Å². The van der Waals surface area contributed by atoms with Gasteiger partial charge in [-0.1, -0.05) is 19.1 Å². The molecule has 1 N–H and O–H groups in total. The van der Waals surface area contributed by atoms with Gasteiger partial charge in [-0.2, -0.15) is 0 Å². The van der Waals surface area contributed by atoms with Crippen molar-refractivity contribution in [3.05, 3.63) is 29.8 Å². The summed E-state index contributed by atoms with van der Waals surface area (Å²) in [6, 6.07) is 6.57. The minimum atomic E-state index is -0.967. The Morgan fingerprint density at radius 3 is 2.35 bits per heavy atom. The number of aliphatic carboxylic acids is 1. The van der Waals surface area contributed by atoms with Gasteiger partial charge < -0.3 is 19.6 Å². The first-order valence-electron chi connectivity index (χ1n) is 7.14. The minimum Gasteiger partial charge on any atom is -0.483 e. The van der Waals surface area contributed by atoms with E-state index >= 15 is 0 Å². The summed E-state index contributed by atoms with van der Waals surface area (Å²) >= 11 is 0. The molecule has 1 aromatic carbocycles. The molecule has 1 atom stereocenters. The summed E-state index contributed by atoms with van der Waals surface area (Å²) in [6.07, 6.45) is 0. The van der Waals surface area contributed by atoms with Crippen LogP contribution in [0.4, 0.5) is 0 Å². The van der Waals surface area contributed by atoms with Crippen LogP contribution in [0.3, 0.4) is 0 Å². The predicted octanol–water partition coefficient (Wildman–Crippen LogP) is 0.946. The highest BCUT2D eigenvalue weighted by molar-refractivity contribution is 5.97. The smallest absolute Gasteiger partial charge is 0.308 e. The maximum Gasteiger partial charge on any atom is 0.308 e. The van der Waals surface area contributed by atoms with E-state index in [9.17, 15) is 14.4 Å². The molecule has 0 aromatic heterocycles. The summed E-state index contributed by atoms with van der Waals surface area (Å²) in [6.45, 7) is 1.44. The zero-order valence-corrected chi connectivity index (χ0v) is 13.8. The number of carbonyl (C=O) groups is 3. The summed E-state index contributed by atoms with van der Waals surface area (Å²) in [7, 11) is 4.76. The fourth-order valence-electron chi connectivity index (χ4n) is 1.82. The van der Waals surface area contributed by atoms with E-state index in [0.29, 0.717) is 11.3 Å². The van der Waals surface area contributed by atoms with E-state index in [1.165, 1.54) is 23.8 Å². The number of hydrogen-bond donors (Lipinski definition) is 1. The third-order valence-electron chi connectivity index (χ3n) is 3.28. The Hall–Kier alpha value is -2.57. The molecule has 0 bridgehead atoms. The number of hydrogen-bond acceptors (Lipinski definition) is 4. The Kier molecular flexibility index (Phi) is 6.56. The molecule has 7 heteroatoms. The van der Waals surface area contributed by atoms with E-state index < -0.39 is 11.9 Å². The third kappa shape index (κ3) is 5.28. The SMILES string of the molecule is CC(CN(C)C(=O)c1ccccc1OCC(=O)N(C)C)C(=O)O. The van der Waals surface area contributed by atoms with Crippen molar-refractivity contribution < 1.29 is 24.2 Å². The maximum absolute atomic E-state index is 12.5. The van der Waals surface area contributed by atoms with Crippen molar-refractivity contribution >= 4 is 17.8 Å². The lowest BCUT2D eigenvalue weighted by Gasteiger charge is -2.21. The number of benzene rings is 1. The number of carboxylic acid groups (broad SMARTS) is 1. The van der Waals surface area contributed by atoms with Crippen LogP contribution < -0.4 is 4.74 Å². The molecule has 2 amide bonds. The van der Waals surface area contributed by atoms with E-state index in [1.807, 2.05) is 0 Å². The van der Waals surface area contributed by atoms with Gasteiger partial charge in [-0.3, -0.25) is 14.4 Å². The van der Waals surface area contributed by atoms with Gasteiger partial charge in [-0.15, -0.1) is 0 Å². The molecule has 0 radical (unpaired) electrons. The number of rotatable bonds is 7. The number of carboxylic acids is 1. The van der Waals surface area contributed by atoms with Gasteiger partial charge in [0.15, 0.2) is 6.61 Å². The van der Waals surface area contributed by atoms with Crippen molar-refractivity contribution in [2.24, 2.45) is 5.92 Å². The molecule has 0 saturated heterocycles. The summed E-state index contributed by atoms with van der Waals surface area (Å²) in [5.74, 6) is -1.92. The van der Waals surface area contributed by atoms with Gasteiger partial charge in [0, 0.05) is 27.7 Å². The first-order valence-corrected chi connectivity index (χ1v) is 7.14. The Labute approximate surface area is 135 Å². The van der Waals surface area contributed by atoms with Crippen LogP contribution in [0.15, 0.2) is 24.3 Å². The maximum atomic E-state index is 12.5. The Morgan fingerprint density at radius 1 is 1.17 bits per heavy atom. The lowest BCUT2D eigenvalue weighted by Crippen LogP contribution is -2.34. The van der Waals surface area contributed by atoms with Gasteiger partial charge >= 0.3 is 5.97 Å². The van der Waals surface area contributed by atoms with Crippen LogP contribution >= 0.6 is 0 Å². The largest absolute Gasteiger partial charge is 0.483 e. The van der Waals surface area contributed by atoms with Gasteiger partial charge in [0.05, 0.1) is 11.5 Å². The summed E-state index contributed by atoms with van der Waals surface area (Å²) in [4.78, 5) is 37.7. The highest BCUT2D eigenvalue weighted by Gasteiger charge is 2.21. The number of carbonyl (C=O) groups excluding carboxylic acids is 2. The summed E-state index contributed by atoms with van der Waals surface area (Å²) in [5, 5.41) is 8.93. The molecule has 0 heterocycles. The fraction of sp³-hybridized carbons (Fsp3) is 0.438. The van der Waals surface area contributed by atoms with Crippen LogP contribution in [-0.4, -0.2) is 67.0 Å². The van der Waals surface area contributed by atoms with E-state index in [1.54, 1.807) is 38.4 Å². The second-order valence-corrected chi connectivity index (χ2v) is 5.50. The second kappa shape index (κ2) is 8.17.